The molecule has 0 bridgehead atoms. The second-order valence-corrected chi connectivity index (χ2v) is 6.42. The zero-order valence-electron chi connectivity index (χ0n) is 12.6. The summed E-state index contributed by atoms with van der Waals surface area (Å²) >= 11 is 0. The van der Waals surface area contributed by atoms with Crippen LogP contribution in [-0.4, -0.2) is 28.7 Å². The molecule has 0 radical (unpaired) electrons. The SMILES string of the molecule is COc1ccc(OCCNS(=O)(=O)c2ccccc2C)cc1. The van der Waals surface area contributed by atoms with Crippen molar-refractivity contribution in [2.24, 2.45) is 0 Å². The Balaban J connectivity index is 1.86. The zero-order chi connectivity index (χ0) is 16.0. The second-order valence-electron chi connectivity index (χ2n) is 4.69. The van der Waals surface area contributed by atoms with E-state index < -0.39 is 10.0 Å². The van der Waals surface area contributed by atoms with E-state index in [1.54, 1.807) is 62.6 Å². The van der Waals surface area contributed by atoms with Crippen molar-refractivity contribution >= 4 is 10.0 Å². The summed E-state index contributed by atoms with van der Waals surface area (Å²) in [5.41, 5.74) is 0.714. The molecule has 0 aliphatic heterocycles. The van der Waals surface area contributed by atoms with Crippen LogP contribution in [0.3, 0.4) is 0 Å². The summed E-state index contributed by atoms with van der Waals surface area (Å²) in [6, 6.07) is 14.0. The molecule has 0 fully saturated rings. The van der Waals surface area contributed by atoms with Crippen LogP contribution < -0.4 is 14.2 Å². The molecule has 2 aromatic rings. The Morgan fingerprint density at radius 2 is 1.64 bits per heavy atom. The minimum atomic E-state index is -3.51. The Labute approximate surface area is 130 Å². The molecule has 1 N–H and O–H groups in total. The Morgan fingerprint density at radius 1 is 1.00 bits per heavy atom. The minimum Gasteiger partial charge on any atom is -0.497 e. The van der Waals surface area contributed by atoms with Crippen molar-refractivity contribution in [1.82, 2.24) is 4.72 Å². The molecular weight excluding hydrogens is 302 g/mol. The van der Waals surface area contributed by atoms with Gasteiger partial charge in [0.05, 0.1) is 12.0 Å². The van der Waals surface area contributed by atoms with E-state index in [0.29, 0.717) is 16.2 Å². The van der Waals surface area contributed by atoms with Crippen molar-refractivity contribution in [1.29, 1.82) is 0 Å². The molecule has 6 heteroatoms. The summed E-state index contributed by atoms with van der Waals surface area (Å²) in [6.45, 7) is 2.21. The third-order valence-corrected chi connectivity index (χ3v) is 4.73. The first-order chi connectivity index (χ1) is 10.5. The Hall–Kier alpha value is -2.05. The van der Waals surface area contributed by atoms with E-state index in [2.05, 4.69) is 4.72 Å². The first-order valence-corrected chi connectivity index (χ1v) is 8.33. The van der Waals surface area contributed by atoms with Crippen LogP contribution in [0.1, 0.15) is 5.56 Å². The molecule has 5 nitrogen and oxygen atoms in total. The summed E-state index contributed by atoms with van der Waals surface area (Å²) in [5.74, 6) is 1.41. The predicted octanol–water partition coefficient (Wildman–Crippen LogP) is 2.36. The molecule has 2 rings (SSSR count). The van der Waals surface area contributed by atoms with Crippen LogP contribution in [0.15, 0.2) is 53.4 Å². The number of nitrogens with one attached hydrogen (secondary N) is 1. The van der Waals surface area contributed by atoms with E-state index in [1.807, 2.05) is 0 Å². The number of hydrogen-bond donors (Lipinski definition) is 1. The second kappa shape index (κ2) is 7.29. The molecule has 0 aliphatic rings. The van der Waals surface area contributed by atoms with E-state index in [1.165, 1.54) is 0 Å². The molecule has 0 amide bonds. The van der Waals surface area contributed by atoms with Gasteiger partial charge in [-0.2, -0.15) is 0 Å². The lowest BCUT2D eigenvalue weighted by molar-refractivity contribution is 0.322. The van der Waals surface area contributed by atoms with Crippen molar-refractivity contribution in [2.75, 3.05) is 20.3 Å². The Bertz CT molecular complexity index is 711. The van der Waals surface area contributed by atoms with E-state index in [4.69, 9.17) is 9.47 Å². The lowest BCUT2D eigenvalue weighted by Gasteiger charge is -2.10. The normalized spacial score (nSPS) is 11.2. The van der Waals surface area contributed by atoms with E-state index in [-0.39, 0.29) is 13.2 Å². The van der Waals surface area contributed by atoms with Gasteiger partial charge in [-0.05, 0) is 42.8 Å². The van der Waals surface area contributed by atoms with Crippen molar-refractivity contribution in [3.05, 3.63) is 54.1 Å². The number of hydrogen-bond acceptors (Lipinski definition) is 4. The summed E-state index contributed by atoms with van der Waals surface area (Å²) in [6.07, 6.45) is 0. The third-order valence-electron chi connectivity index (χ3n) is 3.11. The van der Waals surface area contributed by atoms with Crippen molar-refractivity contribution in [3.63, 3.8) is 0 Å². The highest BCUT2D eigenvalue weighted by atomic mass is 32.2. The smallest absolute Gasteiger partial charge is 0.240 e. The molecule has 0 unspecified atom stereocenters. The lowest BCUT2D eigenvalue weighted by Crippen LogP contribution is -2.28. The monoisotopic (exact) mass is 321 g/mol. The van der Waals surface area contributed by atoms with Crippen LogP contribution in [0.5, 0.6) is 11.5 Å². The van der Waals surface area contributed by atoms with Crippen LogP contribution in [0.25, 0.3) is 0 Å². The molecule has 0 atom stereocenters. The standard InChI is InChI=1S/C16H19NO4S/c1-13-5-3-4-6-16(13)22(18,19)17-11-12-21-15-9-7-14(20-2)8-10-15/h3-10,17H,11-12H2,1-2H3. The molecule has 0 saturated heterocycles. The Kier molecular flexibility index (Phi) is 5.41. The number of sulfonamides is 1. The van der Waals surface area contributed by atoms with Gasteiger partial charge in [0, 0.05) is 6.54 Å². The molecule has 118 valence electrons. The highest BCUT2D eigenvalue weighted by Gasteiger charge is 2.15. The largest absolute Gasteiger partial charge is 0.497 e. The maximum Gasteiger partial charge on any atom is 0.240 e. The summed E-state index contributed by atoms with van der Waals surface area (Å²) in [5, 5.41) is 0. The fourth-order valence-corrected chi connectivity index (χ4v) is 3.21. The molecule has 0 saturated carbocycles. The van der Waals surface area contributed by atoms with Crippen molar-refractivity contribution in [3.8, 4) is 11.5 Å². The van der Waals surface area contributed by atoms with Crippen LogP contribution in [0, 0.1) is 6.92 Å². The molecular formula is C16H19NO4S. The van der Waals surface area contributed by atoms with Gasteiger partial charge in [-0.15, -0.1) is 0 Å². The van der Waals surface area contributed by atoms with Gasteiger partial charge in [0.2, 0.25) is 10.0 Å². The van der Waals surface area contributed by atoms with Crippen LogP contribution >= 0.6 is 0 Å². The zero-order valence-corrected chi connectivity index (χ0v) is 13.4. The average molecular weight is 321 g/mol. The van der Waals surface area contributed by atoms with Gasteiger partial charge in [-0.3, -0.25) is 0 Å². The van der Waals surface area contributed by atoms with Gasteiger partial charge in [-0.25, -0.2) is 13.1 Å². The molecule has 0 aromatic heterocycles. The van der Waals surface area contributed by atoms with Gasteiger partial charge in [0.15, 0.2) is 0 Å². The highest BCUT2D eigenvalue weighted by molar-refractivity contribution is 7.89. The molecule has 0 aliphatic carbocycles. The first-order valence-electron chi connectivity index (χ1n) is 6.85. The molecule has 2 aromatic carbocycles. The quantitative estimate of drug-likeness (QED) is 0.795. The minimum absolute atomic E-state index is 0.197. The lowest BCUT2D eigenvalue weighted by atomic mass is 10.2. The number of rotatable bonds is 7. The number of aryl methyl sites for hydroxylation is 1. The van der Waals surface area contributed by atoms with E-state index >= 15 is 0 Å². The van der Waals surface area contributed by atoms with Crippen LogP contribution in [-0.2, 0) is 10.0 Å². The molecule has 0 heterocycles. The van der Waals surface area contributed by atoms with Gasteiger partial charge in [0.25, 0.3) is 0 Å². The van der Waals surface area contributed by atoms with E-state index in [0.717, 1.165) is 5.75 Å². The van der Waals surface area contributed by atoms with Crippen molar-refractivity contribution in [2.45, 2.75) is 11.8 Å². The molecule has 22 heavy (non-hydrogen) atoms. The fourth-order valence-electron chi connectivity index (χ4n) is 1.95. The topological polar surface area (TPSA) is 64.6 Å². The number of ether oxygens (including phenoxy) is 2. The van der Waals surface area contributed by atoms with Crippen LogP contribution in [0.2, 0.25) is 0 Å². The number of methoxy groups -OCH3 is 1. The van der Waals surface area contributed by atoms with Gasteiger partial charge in [0.1, 0.15) is 18.1 Å². The van der Waals surface area contributed by atoms with Crippen molar-refractivity contribution < 1.29 is 17.9 Å². The average Bonchev–Trinajstić information content (AvgIpc) is 2.52. The third kappa shape index (κ3) is 4.22. The first kappa shape index (κ1) is 16.3. The predicted molar refractivity (Wildman–Crippen MR) is 84.9 cm³/mol. The van der Waals surface area contributed by atoms with Gasteiger partial charge in [-0.1, -0.05) is 18.2 Å². The highest BCUT2D eigenvalue weighted by Crippen LogP contribution is 2.17. The van der Waals surface area contributed by atoms with Gasteiger partial charge < -0.3 is 9.47 Å². The summed E-state index contributed by atoms with van der Waals surface area (Å²) < 4.78 is 37.4. The maximum absolute atomic E-state index is 12.2. The van der Waals surface area contributed by atoms with Crippen LogP contribution in [0.4, 0.5) is 0 Å². The van der Waals surface area contributed by atoms with Gasteiger partial charge >= 0.3 is 0 Å². The fraction of sp³-hybridized carbons (Fsp3) is 0.250. The maximum atomic E-state index is 12.2. The molecule has 0 spiro atoms. The summed E-state index contributed by atoms with van der Waals surface area (Å²) in [7, 11) is -1.91. The summed E-state index contributed by atoms with van der Waals surface area (Å²) in [4.78, 5) is 0.291. The number of benzene rings is 2. The Morgan fingerprint density at radius 3 is 2.27 bits per heavy atom. The van der Waals surface area contributed by atoms with E-state index in [9.17, 15) is 8.42 Å².